The van der Waals surface area contributed by atoms with Gasteiger partial charge in [0.1, 0.15) is 0 Å². The summed E-state index contributed by atoms with van der Waals surface area (Å²) in [5.41, 5.74) is 2.91. The molecule has 0 saturated carbocycles. The Morgan fingerprint density at radius 2 is 1.50 bits per heavy atom. The molecule has 144 valence electrons. The van der Waals surface area contributed by atoms with Crippen molar-refractivity contribution in [3.8, 4) is 11.1 Å². The zero-order valence-electron chi connectivity index (χ0n) is 15.5. The van der Waals surface area contributed by atoms with Crippen molar-refractivity contribution in [2.75, 3.05) is 19.5 Å². The molecule has 0 aliphatic rings. The second-order valence-corrected chi connectivity index (χ2v) is 7.92. The van der Waals surface area contributed by atoms with Gasteiger partial charge in [0, 0.05) is 23.9 Å². The number of nitrogens with zero attached hydrogens (tertiary/aromatic N) is 1. The molecule has 0 heterocycles. The van der Waals surface area contributed by atoms with Crippen molar-refractivity contribution < 1.29 is 18.0 Å². The predicted molar refractivity (Wildman–Crippen MR) is 108 cm³/mol. The molecule has 3 aromatic carbocycles. The van der Waals surface area contributed by atoms with E-state index in [1.165, 1.54) is 38.4 Å². The van der Waals surface area contributed by atoms with E-state index in [-0.39, 0.29) is 10.8 Å². The third kappa shape index (κ3) is 4.12. The molecule has 0 aliphatic carbocycles. The SMILES string of the molecule is CON(C)S(=O)(=O)c1ccc(C(=O)Nc2ccccc2-c2ccccc2)cc1. The minimum absolute atomic E-state index is 0.0399. The molecule has 0 radical (unpaired) electrons. The summed E-state index contributed by atoms with van der Waals surface area (Å²) in [5, 5.41) is 2.89. The second-order valence-electron chi connectivity index (χ2n) is 5.99. The summed E-state index contributed by atoms with van der Waals surface area (Å²) in [6, 6.07) is 22.9. The van der Waals surface area contributed by atoms with E-state index in [1.807, 2.05) is 54.6 Å². The van der Waals surface area contributed by atoms with E-state index in [1.54, 1.807) is 0 Å². The summed E-state index contributed by atoms with van der Waals surface area (Å²) in [7, 11) is -1.18. The molecule has 0 unspecified atom stereocenters. The molecule has 7 heteroatoms. The van der Waals surface area contributed by atoms with Gasteiger partial charge in [-0.05, 0) is 35.9 Å². The highest BCUT2D eigenvalue weighted by Gasteiger charge is 2.21. The van der Waals surface area contributed by atoms with Gasteiger partial charge >= 0.3 is 0 Å². The Bertz CT molecular complexity index is 1070. The summed E-state index contributed by atoms with van der Waals surface area (Å²) in [6.45, 7) is 0. The first-order chi connectivity index (χ1) is 13.4. The molecule has 0 bridgehead atoms. The molecule has 3 aromatic rings. The van der Waals surface area contributed by atoms with Gasteiger partial charge in [-0.15, -0.1) is 0 Å². The zero-order chi connectivity index (χ0) is 20.1. The van der Waals surface area contributed by atoms with Crippen LogP contribution in [-0.2, 0) is 14.9 Å². The lowest BCUT2D eigenvalue weighted by molar-refractivity contribution is -0.0258. The molecule has 1 N–H and O–H groups in total. The number of carbonyl (C=O) groups excluding carboxylic acids is 1. The standard InChI is InChI=1S/C21H20N2O4S/c1-23(27-2)28(25,26)18-14-12-17(13-15-18)21(24)22-20-11-7-6-10-19(20)16-8-4-3-5-9-16/h3-15H,1-2H3,(H,22,24). The Balaban J connectivity index is 1.84. The van der Waals surface area contributed by atoms with Crippen LogP contribution in [0.3, 0.4) is 0 Å². The number of hydrogen-bond acceptors (Lipinski definition) is 4. The minimum atomic E-state index is -3.75. The lowest BCUT2D eigenvalue weighted by atomic mass is 10.0. The minimum Gasteiger partial charge on any atom is -0.321 e. The monoisotopic (exact) mass is 396 g/mol. The first-order valence-corrected chi connectivity index (χ1v) is 9.96. The fourth-order valence-corrected chi connectivity index (χ4v) is 3.65. The molecule has 6 nitrogen and oxygen atoms in total. The van der Waals surface area contributed by atoms with Crippen molar-refractivity contribution in [1.29, 1.82) is 0 Å². The second kappa shape index (κ2) is 8.35. The fourth-order valence-electron chi connectivity index (χ4n) is 2.68. The van der Waals surface area contributed by atoms with Crippen LogP contribution >= 0.6 is 0 Å². The molecular formula is C21H20N2O4S. The van der Waals surface area contributed by atoms with Gasteiger partial charge in [-0.25, -0.2) is 8.42 Å². The van der Waals surface area contributed by atoms with Gasteiger partial charge in [0.05, 0.1) is 12.0 Å². The van der Waals surface area contributed by atoms with Crippen LogP contribution in [0, 0.1) is 0 Å². The van der Waals surface area contributed by atoms with E-state index >= 15 is 0 Å². The Labute approximate surface area is 164 Å². The van der Waals surface area contributed by atoms with Crippen molar-refractivity contribution in [3.63, 3.8) is 0 Å². The Hall–Kier alpha value is -3.00. The molecule has 0 spiro atoms. The lowest BCUT2D eigenvalue weighted by Crippen LogP contribution is -2.25. The maximum absolute atomic E-state index is 12.7. The van der Waals surface area contributed by atoms with Crippen LogP contribution in [0.25, 0.3) is 11.1 Å². The molecule has 0 saturated heterocycles. The zero-order valence-corrected chi connectivity index (χ0v) is 16.3. The number of hydroxylamine groups is 1. The highest BCUT2D eigenvalue weighted by atomic mass is 32.2. The van der Waals surface area contributed by atoms with Crippen molar-refractivity contribution in [2.24, 2.45) is 0 Å². The molecule has 0 atom stereocenters. The smallest absolute Gasteiger partial charge is 0.264 e. The van der Waals surface area contributed by atoms with Crippen LogP contribution in [0.2, 0.25) is 0 Å². The van der Waals surface area contributed by atoms with Gasteiger partial charge in [-0.2, -0.15) is 0 Å². The predicted octanol–water partition coefficient (Wildman–Crippen LogP) is 3.79. The number of carbonyl (C=O) groups is 1. The van der Waals surface area contributed by atoms with E-state index < -0.39 is 10.0 Å². The fraction of sp³-hybridized carbons (Fsp3) is 0.0952. The first-order valence-electron chi connectivity index (χ1n) is 8.52. The largest absolute Gasteiger partial charge is 0.321 e. The highest BCUT2D eigenvalue weighted by Crippen LogP contribution is 2.28. The number of nitrogens with one attached hydrogen (secondary N) is 1. The number of anilines is 1. The molecule has 28 heavy (non-hydrogen) atoms. The molecule has 0 fully saturated rings. The Morgan fingerprint density at radius 1 is 0.893 bits per heavy atom. The molecule has 1 amide bonds. The highest BCUT2D eigenvalue weighted by molar-refractivity contribution is 7.89. The molecule has 3 rings (SSSR count). The average Bonchev–Trinajstić information content (AvgIpc) is 2.74. The Kier molecular flexibility index (Phi) is 5.89. The quantitative estimate of drug-likeness (QED) is 0.643. The van der Waals surface area contributed by atoms with Crippen LogP contribution in [0.5, 0.6) is 0 Å². The third-order valence-corrected chi connectivity index (χ3v) is 5.96. The van der Waals surface area contributed by atoms with Crippen LogP contribution in [0.4, 0.5) is 5.69 Å². The third-order valence-electron chi connectivity index (χ3n) is 4.27. The van der Waals surface area contributed by atoms with E-state index in [4.69, 9.17) is 4.84 Å². The van der Waals surface area contributed by atoms with Crippen molar-refractivity contribution >= 4 is 21.6 Å². The van der Waals surface area contributed by atoms with E-state index in [2.05, 4.69) is 5.32 Å². The van der Waals surface area contributed by atoms with E-state index in [0.29, 0.717) is 11.3 Å². The average molecular weight is 396 g/mol. The topological polar surface area (TPSA) is 75.7 Å². The van der Waals surface area contributed by atoms with Gasteiger partial charge in [0.25, 0.3) is 15.9 Å². The first kappa shape index (κ1) is 19.8. The number of rotatable bonds is 6. The van der Waals surface area contributed by atoms with Crippen molar-refractivity contribution in [1.82, 2.24) is 4.47 Å². The van der Waals surface area contributed by atoms with Gasteiger partial charge < -0.3 is 5.32 Å². The van der Waals surface area contributed by atoms with E-state index in [0.717, 1.165) is 15.6 Å². The van der Waals surface area contributed by atoms with Crippen molar-refractivity contribution in [2.45, 2.75) is 4.90 Å². The summed E-state index contributed by atoms with van der Waals surface area (Å²) < 4.78 is 25.2. The maximum atomic E-state index is 12.7. The Morgan fingerprint density at radius 3 is 2.14 bits per heavy atom. The lowest BCUT2D eigenvalue weighted by Gasteiger charge is -2.14. The molecule has 0 aromatic heterocycles. The number of para-hydroxylation sites is 1. The normalized spacial score (nSPS) is 11.4. The summed E-state index contributed by atoms with van der Waals surface area (Å²) in [5.74, 6) is -0.326. The summed E-state index contributed by atoms with van der Waals surface area (Å²) >= 11 is 0. The van der Waals surface area contributed by atoms with Crippen molar-refractivity contribution in [3.05, 3.63) is 84.4 Å². The van der Waals surface area contributed by atoms with Gasteiger partial charge in [0.2, 0.25) is 0 Å². The molecule has 0 aliphatic heterocycles. The maximum Gasteiger partial charge on any atom is 0.264 e. The molecular weight excluding hydrogens is 376 g/mol. The van der Waals surface area contributed by atoms with Crippen LogP contribution < -0.4 is 5.32 Å². The summed E-state index contributed by atoms with van der Waals surface area (Å²) in [6.07, 6.45) is 0. The number of amides is 1. The number of hydrogen-bond donors (Lipinski definition) is 1. The van der Waals surface area contributed by atoms with Gasteiger partial charge in [-0.1, -0.05) is 53.0 Å². The van der Waals surface area contributed by atoms with Gasteiger partial charge in [-0.3, -0.25) is 9.63 Å². The van der Waals surface area contributed by atoms with E-state index in [9.17, 15) is 13.2 Å². The number of benzene rings is 3. The van der Waals surface area contributed by atoms with Crippen LogP contribution in [0.1, 0.15) is 10.4 Å². The number of sulfonamides is 1. The summed E-state index contributed by atoms with van der Waals surface area (Å²) in [4.78, 5) is 17.4. The van der Waals surface area contributed by atoms with Crippen LogP contribution in [0.15, 0.2) is 83.8 Å². The van der Waals surface area contributed by atoms with Crippen LogP contribution in [-0.4, -0.2) is 33.0 Å². The van der Waals surface area contributed by atoms with Gasteiger partial charge in [0.15, 0.2) is 0 Å².